The van der Waals surface area contributed by atoms with Crippen LogP contribution in [0.3, 0.4) is 0 Å². The van der Waals surface area contributed by atoms with E-state index in [1.54, 1.807) is 0 Å². The van der Waals surface area contributed by atoms with Crippen molar-refractivity contribution in [3.63, 3.8) is 0 Å². The summed E-state index contributed by atoms with van der Waals surface area (Å²) in [5.41, 5.74) is 7.52. The standard InChI is InChI=1S/C18H26N2O.ClH/c19-13-14-8-10-16(11-9-14)18(21)20-12-4-7-17(20)15-5-2-1-3-6-15;/h8-11,15,17H,1-7,12-13,19H2;1H. The Bertz CT molecular complexity index is 482. The van der Waals surface area contributed by atoms with Crippen molar-refractivity contribution < 1.29 is 4.79 Å². The second-order valence-electron chi connectivity index (χ2n) is 6.51. The summed E-state index contributed by atoms with van der Waals surface area (Å²) in [6.45, 7) is 1.46. The molecule has 2 aliphatic rings. The Labute approximate surface area is 139 Å². The molecule has 3 rings (SSSR count). The number of halogens is 1. The second kappa shape index (κ2) is 7.98. The molecule has 1 saturated carbocycles. The Balaban J connectivity index is 0.00000176. The minimum Gasteiger partial charge on any atom is -0.335 e. The Morgan fingerprint density at radius 3 is 2.36 bits per heavy atom. The molecule has 3 nitrogen and oxygen atoms in total. The highest BCUT2D eigenvalue weighted by molar-refractivity contribution is 5.94. The Hall–Kier alpha value is -1.06. The molecule has 22 heavy (non-hydrogen) atoms. The van der Waals surface area contributed by atoms with Crippen LogP contribution in [0.4, 0.5) is 0 Å². The third-order valence-corrected chi connectivity index (χ3v) is 5.19. The average Bonchev–Trinajstić information content (AvgIpc) is 3.04. The third-order valence-electron chi connectivity index (χ3n) is 5.19. The van der Waals surface area contributed by atoms with E-state index in [4.69, 9.17) is 5.73 Å². The van der Waals surface area contributed by atoms with Gasteiger partial charge in [0, 0.05) is 24.7 Å². The smallest absolute Gasteiger partial charge is 0.254 e. The summed E-state index contributed by atoms with van der Waals surface area (Å²) in [7, 11) is 0. The molecule has 122 valence electrons. The van der Waals surface area contributed by atoms with Crippen LogP contribution in [-0.2, 0) is 6.54 Å². The lowest BCUT2D eigenvalue weighted by Crippen LogP contribution is -2.40. The molecular formula is C18H27ClN2O. The number of hydrogen-bond donors (Lipinski definition) is 1. The van der Waals surface area contributed by atoms with Crippen molar-refractivity contribution in [1.29, 1.82) is 0 Å². The number of rotatable bonds is 3. The summed E-state index contributed by atoms with van der Waals surface area (Å²) in [6.07, 6.45) is 9.02. The van der Waals surface area contributed by atoms with Crippen LogP contribution in [0.5, 0.6) is 0 Å². The molecule has 1 aromatic rings. The molecule has 0 spiro atoms. The van der Waals surface area contributed by atoms with Crippen molar-refractivity contribution >= 4 is 18.3 Å². The number of benzene rings is 1. The zero-order chi connectivity index (χ0) is 14.7. The van der Waals surface area contributed by atoms with Crippen LogP contribution < -0.4 is 5.73 Å². The molecule has 4 heteroatoms. The van der Waals surface area contributed by atoms with E-state index in [1.165, 1.54) is 38.5 Å². The fraction of sp³-hybridized carbons (Fsp3) is 0.611. The lowest BCUT2D eigenvalue weighted by Gasteiger charge is -2.34. The van der Waals surface area contributed by atoms with Crippen molar-refractivity contribution in [3.05, 3.63) is 35.4 Å². The predicted octanol–water partition coefficient (Wildman–Crippen LogP) is 3.75. The van der Waals surface area contributed by atoms with Gasteiger partial charge in [0.05, 0.1) is 0 Å². The van der Waals surface area contributed by atoms with Gasteiger partial charge in [-0.3, -0.25) is 4.79 Å². The van der Waals surface area contributed by atoms with E-state index in [-0.39, 0.29) is 18.3 Å². The molecule has 0 bridgehead atoms. The van der Waals surface area contributed by atoms with E-state index >= 15 is 0 Å². The van der Waals surface area contributed by atoms with Crippen LogP contribution in [0.1, 0.15) is 60.9 Å². The van der Waals surface area contributed by atoms with Gasteiger partial charge < -0.3 is 10.6 Å². The monoisotopic (exact) mass is 322 g/mol. The normalized spacial score (nSPS) is 22.4. The Morgan fingerprint density at radius 2 is 1.73 bits per heavy atom. The van der Waals surface area contributed by atoms with Crippen molar-refractivity contribution in [2.24, 2.45) is 11.7 Å². The van der Waals surface area contributed by atoms with Crippen LogP contribution >= 0.6 is 12.4 Å². The Kier molecular flexibility index (Phi) is 6.27. The molecule has 0 radical (unpaired) electrons. The van der Waals surface area contributed by atoms with Gasteiger partial charge in [-0.25, -0.2) is 0 Å². The van der Waals surface area contributed by atoms with Crippen LogP contribution in [0, 0.1) is 5.92 Å². The number of carbonyl (C=O) groups excluding carboxylic acids is 1. The number of carbonyl (C=O) groups is 1. The van der Waals surface area contributed by atoms with Gasteiger partial charge in [0.1, 0.15) is 0 Å². The van der Waals surface area contributed by atoms with Crippen molar-refractivity contribution in [2.45, 2.75) is 57.5 Å². The summed E-state index contributed by atoms with van der Waals surface area (Å²) in [6, 6.07) is 8.28. The number of nitrogens with zero attached hydrogens (tertiary/aromatic N) is 1. The first kappa shape index (κ1) is 17.3. The highest BCUT2D eigenvalue weighted by atomic mass is 35.5. The van der Waals surface area contributed by atoms with E-state index < -0.39 is 0 Å². The third kappa shape index (κ3) is 3.64. The van der Waals surface area contributed by atoms with E-state index in [0.29, 0.717) is 12.6 Å². The molecule has 1 saturated heterocycles. The largest absolute Gasteiger partial charge is 0.335 e. The summed E-state index contributed by atoms with van der Waals surface area (Å²) in [4.78, 5) is 14.9. The number of likely N-dealkylation sites (tertiary alicyclic amines) is 1. The lowest BCUT2D eigenvalue weighted by atomic mass is 9.83. The highest BCUT2D eigenvalue weighted by Crippen LogP contribution is 2.34. The average molecular weight is 323 g/mol. The van der Waals surface area contributed by atoms with Gasteiger partial charge in [-0.2, -0.15) is 0 Å². The van der Waals surface area contributed by atoms with Gasteiger partial charge in [0.15, 0.2) is 0 Å². The number of hydrogen-bond acceptors (Lipinski definition) is 2. The lowest BCUT2D eigenvalue weighted by molar-refractivity contribution is 0.0661. The van der Waals surface area contributed by atoms with Crippen molar-refractivity contribution in [2.75, 3.05) is 6.54 Å². The van der Waals surface area contributed by atoms with Gasteiger partial charge in [-0.15, -0.1) is 12.4 Å². The number of amides is 1. The molecule has 1 heterocycles. The van der Waals surface area contributed by atoms with Gasteiger partial charge in [0.25, 0.3) is 5.91 Å². The molecule has 1 unspecified atom stereocenters. The minimum absolute atomic E-state index is 0. The van der Waals surface area contributed by atoms with Crippen LogP contribution in [0.25, 0.3) is 0 Å². The quantitative estimate of drug-likeness (QED) is 0.921. The van der Waals surface area contributed by atoms with Gasteiger partial charge in [0.2, 0.25) is 0 Å². The molecule has 1 aliphatic carbocycles. The molecular weight excluding hydrogens is 296 g/mol. The fourth-order valence-corrected chi connectivity index (χ4v) is 4.00. The van der Waals surface area contributed by atoms with Crippen LogP contribution in [0.15, 0.2) is 24.3 Å². The van der Waals surface area contributed by atoms with Crippen molar-refractivity contribution in [1.82, 2.24) is 4.90 Å². The van der Waals surface area contributed by atoms with Crippen molar-refractivity contribution in [3.8, 4) is 0 Å². The molecule has 1 atom stereocenters. The molecule has 2 fully saturated rings. The molecule has 2 N–H and O–H groups in total. The SMILES string of the molecule is Cl.NCc1ccc(C(=O)N2CCCC2C2CCCCC2)cc1. The second-order valence-corrected chi connectivity index (χ2v) is 6.51. The van der Waals surface area contributed by atoms with E-state index in [0.717, 1.165) is 30.0 Å². The van der Waals surface area contributed by atoms with E-state index in [2.05, 4.69) is 4.90 Å². The minimum atomic E-state index is 0. The maximum absolute atomic E-state index is 12.8. The summed E-state index contributed by atoms with van der Waals surface area (Å²) in [5, 5.41) is 0. The molecule has 1 amide bonds. The van der Waals surface area contributed by atoms with Crippen LogP contribution in [0.2, 0.25) is 0 Å². The summed E-state index contributed by atoms with van der Waals surface area (Å²) >= 11 is 0. The van der Waals surface area contributed by atoms with Gasteiger partial charge in [-0.05, 0) is 49.3 Å². The maximum Gasteiger partial charge on any atom is 0.254 e. The van der Waals surface area contributed by atoms with Gasteiger partial charge >= 0.3 is 0 Å². The first-order valence-electron chi connectivity index (χ1n) is 8.39. The van der Waals surface area contributed by atoms with Crippen LogP contribution in [-0.4, -0.2) is 23.4 Å². The molecule has 1 aromatic carbocycles. The number of nitrogens with two attached hydrogens (primary N) is 1. The maximum atomic E-state index is 12.8. The first-order valence-corrected chi connectivity index (χ1v) is 8.39. The van der Waals surface area contributed by atoms with Gasteiger partial charge in [-0.1, -0.05) is 31.4 Å². The Morgan fingerprint density at radius 1 is 1.05 bits per heavy atom. The zero-order valence-electron chi connectivity index (χ0n) is 13.2. The molecule has 0 aromatic heterocycles. The highest BCUT2D eigenvalue weighted by Gasteiger charge is 2.35. The summed E-state index contributed by atoms with van der Waals surface area (Å²) < 4.78 is 0. The first-order chi connectivity index (χ1) is 10.3. The predicted molar refractivity (Wildman–Crippen MR) is 92.2 cm³/mol. The fourth-order valence-electron chi connectivity index (χ4n) is 4.00. The summed E-state index contributed by atoms with van der Waals surface area (Å²) in [5.74, 6) is 0.945. The van der Waals surface area contributed by atoms with E-state index in [9.17, 15) is 4.79 Å². The molecule has 1 aliphatic heterocycles. The van der Waals surface area contributed by atoms with E-state index in [1.807, 2.05) is 24.3 Å². The topological polar surface area (TPSA) is 46.3 Å². The zero-order valence-corrected chi connectivity index (χ0v) is 14.0.